The van der Waals surface area contributed by atoms with Crippen molar-refractivity contribution >= 4 is 23.2 Å². The summed E-state index contributed by atoms with van der Waals surface area (Å²) < 4.78 is 0. The topological polar surface area (TPSA) is 55.9 Å². The highest BCUT2D eigenvalue weighted by atomic mass is 16.2. The van der Waals surface area contributed by atoms with Gasteiger partial charge in [0.1, 0.15) is 6.04 Å². The molecule has 1 aromatic rings. The van der Waals surface area contributed by atoms with Crippen LogP contribution in [-0.4, -0.2) is 61.5 Å². The summed E-state index contributed by atoms with van der Waals surface area (Å²) >= 11 is 0. The average molecular weight is 427 g/mol. The fourth-order valence-electron chi connectivity index (χ4n) is 5.81. The predicted molar refractivity (Wildman–Crippen MR) is 126 cm³/mol. The standard InChI is InChI=1S/C23H32N4O2.C2H6/c28-22-10-9-21(23(29)24-22)27-12-11-18-19(7-4-8-20(18)27)26-15-13-25(14-16-26)17-5-2-1-3-6-17;1-2/h4,7-8,17,21H,1-3,5-6,9-16H2,(H,24,28,29);1-2H3. The Hall–Kier alpha value is -2.08. The van der Waals surface area contributed by atoms with Crippen molar-refractivity contribution in [2.24, 2.45) is 0 Å². The summed E-state index contributed by atoms with van der Waals surface area (Å²) in [5.74, 6) is -0.282. The summed E-state index contributed by atoms with van der Waals surface area (Å²) in [5, 5.41) is 2.52. The minimum Gasteiger partial charge on any atom is -0.369 e. The van der Waals surface area contributed by atoms with E-state index in [1.165, 1.54) is 49.0 Å². The number of rotatable bonds is 3. The van der Waals surface area contributed by atoms with Crippen molar-refractivity contribution in [3.63, 3.8) is 0 Å². The van der Waals surface area contributed by atoms with Gasteiger partial charge in [0, 0.05) is 62.1 Å². The van der Waals surface area contributed by atoms with Crippen LogP contribution in [0.2, 0.25) is 0 Å². The summed E-state index contributed by atoms with van der Waals surface area (Å²) in [5.41, 5.74) is 3.91. The molecular formula is C25H38N4O2. The number of carbonyl (C=O) groups excluding carboxylic acids is 2. The molecule has 1 atom stereocenters. The summed E-state index contributed by atoms with van der Waals surface area (Å²) in [7, 11) is 0. The second-order valence-corrected chi connectivity index (χ2v) is 9.00. The van der Waals surface area contributed by atoms with E-state index in [9.17, 15) is 9.59 Å². The van der Waals surface area contributed by atoms with E-state index in [4.69, 9.17) is 0 Å². The summed E-state index contributed by atoms with van der Waals surface area (Å²) in [4.78, 5) is 31.4. The molecule has 1 aliphatic carbocycles. The second kappa shape index (κ2) is 10.0. The molecule has 0 radical (unpaired) electrons. The van der Waals surface area contributed by atoms with Crippen LogP contribution in [0, 0.1) is 0 Å². The zero-order chi connectivity index (χ0) is 21.8. The predicted octanol–water partition coefficient (Wildman–Crippen LogP) is 3.34. The molecule has 0 spiro atoms. The van der Waals surface area contributed by atoms with Gasteiger partial charge in [0.25, 0.3) is 0 Å². The number of benzene rings is 1. The Labute approximate surface area is 187 Å². The van der Waals surface area contributed by atoms with E-state index >= 15 is 0 Å². The minimum atomic E-state index is -0.215. The maximum Gasteiger partial charge on any atom is 0.249 e. The van der Waals surface area contributed by atoms with E-state index in [1.54, 1.807) is 0 Å². The first-order chi connectivity index (χ1) is 15.2. The second-order valence-electron chi connectivity index (χ2n) is 9.00. The first-order valence-electron chi connectivity index (χ1n) is 12.4. The fraction of sp³-hybridized carbons (Fsp3) is 0.680. The van der Waals surface area contributed by atoms with E-state index < -0.39 is 0 Å². The molecule has 6 heteroatoms. The number of nitrogens with zero attached hydrogens (tertiary/aromatic N) is 3. The highest BCUT2D eigenvalue weighted by Gasteiger charge is 2.36. The number of nitrogens with one attached hydrogen (secondary N) is 1. The number of fused-ring (bicyclic) bond motifs is 1. The van der Waals surface area contributed by atoms with E-state index in [-0.39, 0.29) is 17.9 Å². The molecule has 170 valence electrons. The third-order valence-electron chi connectivity index (χ3n) is 7.37. The third-order valence-corrected chi connectivity index (χ3v) is 7.37. The number of amides is 2. The van der Waals surface area contributed by atoms with Crippen molar-refractivity contribution in [2.45, 2.75) is 77.3 Å². The molecule has 1 unspecified atom stereocenters. The molecule has 31 heavy (non-hydrogen) atoms. The van der Waals surface area contributed by atoms with Crippen molar-refractivity contribution < 1.29 is 9.59 Å². The number of carbonyl (C=O) groups is 2. The SMILES string of the molecule is CC.O=C1CCC(N2CCc3c(N4CCN(C5CCCCC5)CC4)cccc32)C(=O)N1. The van der Waals surface area contributed by atoms with E-state index in [2.05, 4.69) is 38.2 Å². The van der Waals surface area contributed by atoms with Crippen molar-refractivity contribution in [1.82, 2.24) is 10.2 Å². The van der Waals surface area contributed by atoms with Crippen molar-refractivity contribution in [3.05, 3.63) is 23.8 Å². The van der Waals surface area contributed by atoms with Crippen LogP contribution in [-0.2, 0) is 16.0 Å². The van der Waals surface area contributed by atoms with E-state index in [0.29, 0.717) is 12.8 Å². The monoisotopic (exact) mass is 426 g/mol. The van der Waals surface area contributed by atoms with E-state index in [1.807, 2.05) is 13.8 Å². The number of piperidine rings is 1. The van der Waals surface area contributed by atoms with Crippen LogP contribution in [0.1, 0.15) is 64.4 Å². The number of hydrogen-bond donors (Lipinski definition) is 1. The van der Waals surface area contributed by atoms with Crippen LogP contribution in [0.5, 0.6) is 0 Å². The van der Waals surface area contributed by atoms with Crippen LogP contribution in [0.3, 0.4) is 0 Å². The first-order valence-corrected chi connectivity index (χ1v) is 12.4. The lowest BCUT2D eigenvalue weighted by Gasteiger charge is -2.42. The number of piperazine rings is 1. The highest BCUT2D eigenvalue weighted by Crippen LogP contribution is 2.38. The molecule has 1 N–H and O–H groups in total. The maximum absolute atomic E-state index is 12.4. The van der Waals surface area contributed by atoms with Crippen LogP contribution in [0.25, 0.3) is 0 Å². The lowest BCUT2D eigenvalue weighted by atomic mass is 9.93. The highest BCUT2D eigenvalue weighted by molar-refractivity contribution is 6.02. The Morgan fingerprint density at radius 2 is 1.55 bits per heavy atom. The molecule has 3 fully saturated rings. The molecule has 4 aliphatic rings. The largest absolute Gasteiger partial charge is 0.369 e. The van der Waals surface area contributed by atoms with Gasteiger partial charge in [0.15, 0.2) is 0 Å². The van der Waals surface area contributed by atoms with Gasteiger partial charge >= 0.3 is 0 Å². The van der Waals surface area contributed by atoms with Crippen LogP contribution >= 0.6 is 0 Å². The van der Waals surface area contributed by atoms with Gasteiger partial charge in [-0.25, -0.2) is 0 Å². The van der Waals surface area contributed by atoms with Gasteiger partial charge in [0.05, 0.1) is 0 Å². The molecule has 6 nitrogen and oxygen atoms in total. The van der Waals surface area contributed by atoms with Crippen LogP contribution < -0.4 is 15.1 Å². The quantitative estimate of drug-likeness (QED) is 0.752. The first kappa shape index (κ1) is 22.1. The van der Waals surface area contributed by atoms with Gasteiger partial charge < -0.3 is 9.80 Å². The van der Waals surface area contributed by atoms with Gasteiger partial charge in [-0.1, -0.05) is 39.2 Å². The molecule has 1 aromatic carbocycles. The summed E-state index contributed by atoms with van der Waals surface area (Å²) in [6.07, 6.45) is 8.99. The normalized spacial score (nSPS) is 25.0. The smallest absolute Gasteiger partial charge is 0.249 e. The fourth-order valence-corrected chi connectivity index (χ4v) is 5.81. The average Bonchev–Trinajstić information content (AvgIpc) is 3.25. The molecule has 3 aliphatic heterocycles. The van der Waals surface area contributed by atoms with Gasteiger partial charge in [-0.05, 0) is 37.8 Å². The van der Waals surface area contributed by atoms with Crippen LogP contribution in [0.4, 0.5) is 11.4 Å². The molecule has 5 rings (SSSR count). The van der Waals surface area contributed by atoms with Gasteiger partial charge in [-0.15, -0.1) is 0 Å². The molecule has 3 heterocycles. The molecule has 2 saturated heterocycles. The van der Waals surface area contributed by atoms with Crippen LogP contribution in [0.15, 0.2) is 18.2 Å². The molecule has 1 saturated carbocycles. The Kier molecular flexibility index (Phi) is 7.16. The third kappa shape index (κ3) is 4.59. The van der Waals surface area contributed by atoms with Crippen molar-refractivity contribution in [1.29, 1.82) is 0 Å². The zero-order valence-corrected chi connectivity index (χ0v) is 19.2. The lowest BCUT2D eigenvalue weighted by molar-refractivity contribution is -0.134. The molecule has 0 aromatic heterocycles. The lowest BCUT2D eigenvalue weighted by Crippen LogP contribution is -2.52. The van der Waals surface area contributed by atoms with Gasteiger partial charge in [-0.3, -0.25) is 19.8 Å². The Bertz CT molecular complexity index is 782. The number of hydrogen-bond acceptors (Lipinski definition) is 5. The van der Waals surface area contributed by atoms with E-state index in [0.717, 1.165) is 45.2 Å². The summed E-state index contributed by atoms with van der Waals surface area (Å²) in [6, 6.07) is 7.12. The number of anilines is 2. The zero-order valence-electron chi connectivity index (χ0n) is 19.2. The number of imide groups is 1. The summed E-state index contributed by atoms with van der Waals surface area (Å²) in [6.45, 7) is 9.35. The van der Waals surface area contributed by atoms with Gasteiger partial charge in [0.2, 0.25) is 11.8 Å². The molecular weight excluding hydrogens is 388 g/mol. The maximum atomic E-state index is 12.4. The van der Waals surface area contributed by atoms with Gasteiger partial charge in [-0.2, -0.15) is 0 Å². The van der Waals surface area contributed by atoms with Crippen molar-refractivity contribution in [3.8, 4) is 0 Å². The minimum absolute atomic E-state index is 0.138. The Morgan fingerprint density at radius 1 is 0.839 bits per heavy atom. The Balaban J connectivity index is 0.00000112. The van der Waals surface area contributed by atoms with Crippen molar-refractivity contribution in [2.75, 3.05) is 42.5 Å². The molecule has 0 bridgehead atoms. The Morgan fingerprint density at radius 3 is 2.26 bits per heavy atom. The molecule has 2 amide bonds.